The molecule has 1 unspecified atom stereocenters. The molecule has 4 heteroatoms. The lowest BCUT2D eigenvalue weighted by Gasteiger charge is -2.17. The summed E-state index contributed by atoms with van der Waals surface area (Å²) in [6, 6.07) is 8.74. The number of carbonyl (C=O) groups is 1. The lowest BCUT2D eigenvalue weighted by atomic mass is 10.2. The number of amides is 1. The molecule has 4 nitrogen and oxygen atoms in total. The number of hydrogen-bond donors (Lipinski definition) is 2. The van der Waals surface area contributed by atoms with E-state index >= 15 is 0 Å². The minimum Gasteiger partial charge on any atom is -0.381 e. The molecule has 2 aliphatic heterocycles. The average Bonchev–Trinajstić information content (AvgIpc) is 3.02. The summed E-state index contributed by atoms with van der Waals surface area (Å²) in [4.78, 5) is 13.5. The minimum absolute atomic E-state index is 0.246. The Morgan fingerprint density at radius 3 is 2.72 bits per heavy atom. The van der Waals surface area contributed by atoms with Gasteiger partial charge < -0.3 is 15.5 Å². The second-order valence-corrected chi connectivity index (χ2v) is 5.03. The molecule has 2 saturated heterocycles. The van der Waals surface area contributed by atoms with E-state index in [1.807, 2.05) is 17.0 Å². The van der Waals surface area contributed by atoms with E-state index in [9.17, 15) is 4.79 Å². The second kappa shape index (κ2) is 4.98. The van der Waals surface area contributed by atoms with Crippen molar-refractivity contribution in [2.75, 3.05) is 29.9 Å². The molecule has 2 heterocycles. The van der Waals surface area contributed by atoms with Crippen molar-refractivity contribution >= 4 is 17.3 Å². The first kappa shape index (κ1) is 11.5. The monoisotopic (exact) mass is 245 g/mol. The van der Waals surface area contributed by atoms with Crippen molar-refractivity contribution in [2.45, 2.75) is 25.3 Å². The first-order chi connectivity index (χ1) is 8.83. The molecule has 2 aliphatic rings. The van der Waals surface area contributed by atoms with Crippen molar-refractivity contribution in [1.82, 2.24) is 5.32 Å². The van der Waals surface area contributed by atoms with E-state index in [4.69, 9.17) is 0 Å². The predicted molar refractivity (Wildman–Crippen MR) is 72.9 cm³/mol. The lowest BCUT2D eigenvalue weighted by Crippen LogP contribution is -2.24. The van der Waals surface area contributed by atoms with Gasteiger partial charge in [0.1, 0.15) is 0 Å². The van der Waals surface area contributed by atoms with Crippen LogP contribution in [0.2, 0.25) is 0 Å². The van der Waals surface area contributed by atoms with Crippen LogP contribution in [0.15, 0.2) is 24.3 Å². The van der Waals surface area contributed by atoms with Gasteiger partial charge in [-0.1, -0.05) is 0 Å². The Balaban J connectivity index is 1.66. The van der Waals surface area contributed by atoms with Crippen molar-refractivity contribution in [1.29, 1.82) is 0 Å². The number of rotatable bonds is 3. The Labute approximate surface area is 107 Å². The topological polar surface area (TPSA) is 44.4 Å². The van der Waals surface area contributed by atoms with Gasteiger partial charge in [0.25, 0.3) is 0 Å². The largest absolute Gasteiger partial charge is 0.381 e. The third-order valence-electron chi connectivity index (χ3n) is 3.68. The quantitative estimate of drug-likeness (QED) is 0.850. The van der Waals surface area contributed by atoms with Crippen LogP contribution in [0.25, 0.3) is 0 Å². The molecular formula is C14H19N3O. The van der Waals surface area contributed by atoms with E-state index in [1.165, 1.54) is 6.42 Å². The molecular weight excluding hydrogens is 226 g/mol. The zero-order valence-corrected chi connectivity index (χ0v) is 10.5. The fourth-order valence-electron chi connectivity index (χ4n) is 2.67. The second-order valence-electron chi connectivity index (χ2n) is 5.03. The van der Waals surface area contributed by atoms with Gasteiger partial charge >= 0.3 is 0 Å². The first-order valence-electron chi connectivity index (χ1n) is 6.70. The van der Waals surface area contributed by atoms with Crippen LogP contribution >= 0.6 is 0 Å². The van der Waals surface area contributed by atoms with E-state index in [0.717, 1.165) is 37.4 Å². The summed E-state index contributed by atoms with van der Waals surface area (Å²) < 4.78 is 0. The molecule has 1 atom stereocenters. The number of nitrogens with one attached hydrogen (secondary N) is 2. The van der Waals surface area contributed by atoms with Crippen molar-refractivity contribution in [3.63, 3.8) is 0 Å². The summed E-state index contributed by atoms with van der Waals surface area (Å²) >= 11 is 0. The van der Waals surface area contributed by atoms with Gasteiger partial charge in [-0.05, 0) is 43.7 Å². The zero-order chi connectivity index (χ0) is 12.4. The molecule has 0 bridgehead atoms. The maximum Gasteiger partial charge on any atom is 0.227 e. The molecule has 1 amide bonds. The Bertz CT molecular complexity index is 423. The molecule has 2 N–H and O–H groups in total. The van der Waals surface area contributed by atoms with Gasteiger partial charge in [-0.25, -0.2) is 0 Å². The summed E-state index contributed by atoms with van der Waals surface area (Å²) in [5.41, 5.74) is 2.16. The Hall–Kier alpha value is -1.55. The molecule has 96 valence electrons. The summed E-state index contributed by atoms with van der Waals surface area (Å²) in [5, 5.41) is 6.84. The molecule has 0 radical (unpaired) electrons. The molecule has 0 aromatic heterocycles. The van der Waals surface area contributed by atoms with Crippen LogP contribution in [0.5, 0.6) is 0 Å². The molecule has 0 aliphatic carbocycles. The van der Waals surface area contributed by atoms with Gasteiger partial charge in [0.15, 0.2) is 0 Å². The van der Waals surface area contributed by atoms with E-state index in [-0.39, 0.29) is 5.91 Å². The van der Waals surface area contributed by atoms with Gasteiger partial charge in [0, 0.05) is 36.9 Å². The van der Waals surface area contributed by atoms with Crippen LogP contribution in [0.3, 0.4) is 0 Å². The lowest BCUT2D eigenvalue weighted by molar-refractivity contribution is -0.117. The van der Waals surface area contributed by atoms with Crippen LogP contribution in [-0.4, -0.2) is 31.6 Å². The van der Waals surface area contributed by atoms with Crippen LogP contribution in [0.1, 0.15) is 19.3 Å². The molecule has 0 saturated carbocycles. The minimum atomic E-state index is 0.246. The van der Waals surface area contributed by atoms with Gasteiger partial charge in [-0.2, -0.15) is 0 Å². The smallest absolute Gasteiger partial charge is 0.227 e. The van der Waals surface area contributed by atoms with E-state index < -0.39 is 0 Å². The molecule has 3 rings (SSSR count). The van der Waals surface area contributed by atoms with Crippen LogP contribution in [-0.2, 0) is 4.79 Å². The predicted octanol–water partition coefficient (Wildman–Crippen LogP) is 1.59. The van der Waals surface area contributed by atoms with E-state index in [2.05, 4.69) is 22.8 Å². The van der Waals surface area contributed by atoms with E-state index in [1.54, 1.807) is 0 Å². The third kappa shape index (κ3) is 2.34. The Morgan fingerprint density at radius 2 is 2.11 bits per heavy atom. The highest BCUT2D eigenvalue weighted by molar-refractivity contribution is 5.95. The van der Waals surface area contributed by atoms with Crippen LogP contribution in [0.4, 0.5) is 11.4 Å². The molecule has 1 aromatic carbocycles. The number of carbonyl (C=O) groups excluding carboxylic acids is 1. The van der Waals surface area contributed by atoms with Crippen LogP contribution < -0.4 is 15.5 Å². The summed E-state index contributed by atoms with van der Waals surface area (Å²) in [7, 11) is 0. The molecule has 0 spiro atoms. The standard InChI is InChI=1S/C14H19N3O/c18-14-2-1-9-17(14)13-5-3-11(4-6-13)16-12-7-8-15-10-12/h3-6,12,15-16H,1-2,7-10H2. The highest BCUT2D eigenvalue weighted by atomic mass is 16.2. The SMILES string of the molecule is O=C1CCCN1c1ccc(NC2CCNC2)cc1. The van der Waals surface area contributed by atoms with Crippen molar-refractivity contribution in [2.24, 2.45) is 0 Å². The Kier molecular flexibility index (Phi) is 3.19. The van der Waals surface area contributed by atoms with Crippen molar-refractivity contribution in [3.8, 4) is 0 Å². The number of anilines is 2. The maximum atomic E-state index is 11.6. The average molecular weight is 245 g/mol. The molecule has 18 heavy (non-hydrogen) atoms. The van der Waals surface area contributed by atoms with E-state index in [0.29, 0.717) is 12.5 Å². The first-order valence-corrected chi connectivity index (χ1v) is 6.70. The van der Waals surface area contributed by atoms with Gasteiger partial charge in [0.2, 0.25) is 5.91 Å². The van der Waals surface area contributed by atoms with Crippen molar-refractivity contribution in [3.05, 3.63) is 24.3 Å². The highest BCUT2D eigenvalue weighted by Crippen LogP contribution is 2.23. The number of hydrogen-bond acceptors (Lipinski definition) is 3. The summed E-state index contributed by atoms with van der Waals surface area (Å²) in [6.07, 6.45) is 2.84. The summed E-state index contributed by atoms with van der Waals surface area (Å²) in [5.74, 6) is 0.246. The molecule has 1 aromatic rings. The van der Waals surface area contributed by atoms with Crippen molar-refractivity contribution < 1.29 is 4.79 Å². The van der Waals surface area contributed by atoms with Gasteiger partial charge in [-0.3, -0.25) is 4.79 Å². The maximum absolute atomic E-state index is 11.6. The Morgan fingerprint density at radius 1 is 1.28 bits per heavy atom. The molecule has 2 fully saturated rings. The van der Waals surface area contributed by atoms with Gasteiger partial charge in [0.05, 0.1) is 0 Å². The normalized spacial score (nSPS) is 23.7. The third-order valence-corrected chi connectivity index (χ3v) is 3.68. The summed E-state index contributed by atoms with van der Waals surface area (Å²) in [6.45, 7) is 2.99. The fourth-order valence-corrected chi connectivity index (χ4v) is 2.67. The highest BCUT2D eigenvalue weighted by Gasteiger charge is 2.21. The zero-order valence-electron chi connectivity index (χ0n) is 10.5. The number of benzene rings is 1. The van der Waals surface area contributed by atoms with Gasteiger partial charge in [-0.15, -0.1) is 0 Å². The van der Waals surface area contributed by atoms with Crippen LogP contribution in [0, 0.1) is 0 Å². The number of nitrogens with zero attached hydrogens (tertiary/aromatic N) is 1. The fraction of sp³-hybridized carbons (Fsp3) is 0.500.